The molecule has 1 N–H and O–H groups in total. The molecule has 6 heteroatoms. The van der Waals surface area contributed by atoms with Crippen molar-refractivity contribution in [3.8, 4) is 22.9 Å². The van der Waals surface area contributed by atoms with E-state index in [1.807, 2.05) is 42.5 Å². The van der Waals surface area contributed by atoms with Gasteiger partial charge in [0.25, 0.3) is 5.91 Å². The van der Waals surface area contributed by atoms with Crippen molar-refractivity contribution < 1.29 is 14.3 Å². The van der Waals surface area contributed by atoms with Crippen LogP contribution in [0.15, 0.2) is 60.7 Å². The zero-order chi connectivity index (χ0) is 19.8. The quantitative estimate of drug-likeness (QED) is 0.582. The third-order valence-corrected chi connectivity index (χ3v) is 4.15. The fourth-order valence-electron chi connectivity index (χ4n) is 2.58. The van der Waals surface area contributed by atoms with E-state index in [2.05, 4.69) is 22.4 Å². The lowest BCUT2D eigenvalue weighted by Gasteiger charge is -2.09. The maximum atomic E-state index is 12.5. The van der Waals surface area contributed by atoms with Gasteiger partial charge < -0.3 is 14.8 Å². The van der Waals surface area contributed by atoms with Crippen LogP contribution in [-0.2, 0) is 0 Å². The lowest BCUT2D eigenvalue weighted by Crippen LogP contribution is -2.11. The molecule has 0 atom stereocenters. The predicted octanol–water partition coefficient (Wildman–Crippen LogP) is 4.58. The van der Waals surface area contributed by atoms with Crippen molar-refractivity contribution in [2.45, 2.75) is 19.8 Å². The van der Waals surface area contributed by atoms with Gasteiger partial charge in [-0.1, -0.05) is 25.5 Å². The van der Waals surface area contributed by atoms with Gasteiger partial charge in [-0.15, -0.1) is 10.2 Å². The predicted molar refractivity (Wildman–Crippen MR) is 109 cm³/mol. The minimum absolute atomic E-state index is 0.182. The third-order valence-electron chi connectivity index (χ3n) is 4.15. The number of hydrogen-bond donors (Lipinski definition) is 1. The summed E-state index contributed by atoms with van der Waals surface area (Å²) in [6, 6.07) is 18.2. The van der Waals surface area contributed by atoms with Crippen molar-refractivity contribution in [1.29, 1.82) is 0 Å². The number of benzene rings is 2. The number of anilines is 1. The van der Waals surface area contributed by atoms with Gasteiger partial charge in [0.15, 0.2) is 0 Å². The van der Waals surface area contributed by atoms with Crippen LogP contribution in [0.5, 0.6) is 11.6 Å². The number of methoxy groups -OCH3 is 1. The van der Waals surface area contributed by atoms with Crippen LogP contribution >= 0.6 is 0 Å². The third kappa shape index (κ3) is 5.07. The van der Waals surface area contributed by atoms with Crippen LogP contribution in [0.1, 0.15) is 30.1 Å². The monoisotopic (exact) mass is 377 g/mol. The Labute approximate surface area is 164 Å². The highest BCUT2D eigenvalue weighted by atomic mass is 16.5. The topological polar surface area (TPSA) is 73.3 Å². The molecule has 0 aliphatic rings. The zero-order valence-corrected chi connectivity index (χ0v) is 16.0. The minimum Gasteiger partial charge on any atom is -0.494 e. The first kappa shape index (κ1) is 19.4. The fourth-order valence-corrected chi connectivity index (χ4v) is 2.58. The number of ether oxygens (including phenoxy) is 2. The summed E-state index contributed by atoms with van der Waals surface area (Å²) in [5.41, 5.74) is 2.80. The SMILES string of the molecule is CCCCOc1ccc(C(=O)Nc2cccc(-c3ccc(OC)nn3)c2)cc1. The number of hydrogen-bond acceptors (Lipinski definition) is 5. The molecule has 144 valence electrons. The van der Waals surface area contributed by atoms with Crippen LogP contribution in [0, 0.1) is 0 Å². The van der Waals surface area contributed by atoms with Gasteiger partial charge in [-0.05, 0) is 48.9 Å². The van der Waals surface area contributed by atoms with E-state index in [1.165, 1.54) is 0 Å². The number of unbranched alkanes of at least 4 members (excludes halogenated alkanes) is 1. The van der Waals surface area contributed by atoms with E-state index < -0.39 is 0 Å². The minimum atomic E-state index is -0.182. The number of nitrogens with zero attached hydrogens (tertiary/aromatic N) is 2. The zero-order valence-electron chi connectivity index (χ0n) is 16.0. The molecular weight excluding hydrogens is 354 g/mol. The largest absolute Gasteiger partial charge is 0.494 e. The van der Waals surface area contributed by atoms with Crippen molar-refractivity contribution >= 4 is 11.6 Å². The molecule has 0 fully saturated rings. The van der Waals surface area contributed by atoms with Gasteiger partial charge in [0.2, 0.25) is 5.88 Å². The summed E-state index contributed by atoms with van der Waals surface area (Å²) in [4.78, 5) is 12.5. The summed E-state index contributed by atoms with van der Waals surface area (Å²) in [6.07, 6.45) is 2.10. The molecule has 0 spiro atoms. The Morgan fingerprint density at radius 3 is 2.54 bits per heavy atom. The molecular formula is C22H23N3O3. The van der Waals surface area contributed by atoms with Gasteiger partial charge >= 0.3 is 0 Å². The molecule has 1 amide bonds. The molecule has 0 radical (unpaired) electrons. The highest BCUT2D eigenvalue weighted by molar-refractivity contribution is 6.04. The van der Waals surface area contributed by atoms with Crippen LogP contribution in [0.25, 0.3) is 11.3 Å². The highest BCUT2D eigenvalue weighted by Gasteiger charge is 2.08. The number of rotatable bonds is 8. The molecule has 0 aliphatic carbocycles. The van der Waals surface area contributed by atoms with E-state index in [0.29, 0.717) is 29.4 Å². The van der Waals surface area contributed by atoms with E-state index in [0.717, 1.165) is 24.2 Å². The Bertz CT molecular complexity index is 909. The van der Waals surface area contributed by atoms with Gasteiger partial charge in [-0.2, -0.15) is 0 Å². The normalized spacial score (nSPS) is 10.4. The van der Waals surface area contributed by atoms with Crippen LogP contribution in [0.4, 0.5) is 5.69 Å². The maximum Gasteiger partial charge on any atom is 0.255 e. The van der Waals surface area contributed by atoms with E-state index >= 15 is 0 Å². The molecule has 3 aromatic rings. The first-order chi connectivity index (χ1) is 13.7. The molecule has 0 aliphatic heterocycles. The van der Waals surface area contributed by atoms with Crippen molar-refractivity contribution in [2.75, 3.05) is 19.0 Å². The maximum absolute atomic E-state index is 12.5. The highest BCUT2D eigenvalue weighted by Crippen LogP contribution is 2.22. The molecule has 28 heavy (non-hydrogen) atoms. The van der Waals surface area contributed by atoms with Crippen LogP contribution < -0.4 is 14.8 Å². The lowest BCUT2D eigenvalue weighted by molar-refractivity contribution is 0.102. The van der Waals surface area contributed by atoms with Gasteiger partial charge in [-0.25, -0.2) is 0 Å². The smallest absolute Gasteiger partial charge is 0.255 e. The molecule has 0 bridgehead atoms. The number of nitrogens with one attached hydrogen (secondary N) is 1. The molecule has 0 unspecified atom stereocenters. The molecule has 3 rings (SSSR count). The summed E-state index contributed by atoms with van der Waals surface area (Å²) in [5, 5.41) is 11.0. The van der Waals surface area contributed by atoms with E-state index in [-0.39, 0.29) is 5.91 Å². The fraction of sp³-hybridized carbons (Fsp3) is 0.227. The molecule has 2 aromatic carbocycles. The Balaban J connectivity index is 1.66. The number of aromatic nitrogens is 2. The summed E-state index contributed by atoms with van der Waals surface area (Å²) in [7, 11) is 1.55. The summed E-state index contributed by atoms with van der Waals surface area (Å²) in [6.45, 7) is 2.80. The van der Waals surface area contributed by atoms with Crippen molar-refractivity contribution in [3.05, 3.63) is 66.2 Å². The van der Waals surface area contributed by atoms with Gasteiger partial charge in [0, 0.05) is 22.9 Å². The average molecular weight is 377 g/mol. The Morgan fingerprint density at radius 2 is 1.86 bits per heavy atom. The van der Waals surface area contributed by atoms with Crippen molar-refractivity contribution in [1.82, 2.24) is 10.2 Å². The van der Waals surface area contributed by atoms with Crippen molar-refractivity contribution in [3.63, 3.8) is 0 Å². The lowest BCUT2D eigenvalue weighted by atomic mass is 10.1. The summed E-state index contributed by atoms with van der Waals surface area (Å²) >= 11 is 0. The number of carbonyl (C=O) groups excluding carboxylic acids is 1. The van der Waals surface area contributed by atoms with Crippen LogP contribution in [-0.4, -0.2) is 29.8 Å². The first-order valence-electron chi connectivity index (χ1n) is 9.22. The van der Waals surface area contributed by atoms with E-state index in [9.17, 15) is 4.79 Å². The average Bonchev–Trinajstić information content (AvgIpc) is 2.74. The molecule has 0 saturated carbocycles. The molecule has 1 heterocycles. The first-order valence-corrected chi connectivity index (χ1v) is 9.22. The number of amides is 1. The number of carbonyl (C=O) groups is 1. The Kier molecular flexibility index (Phi) is 6.57. The van der Waals surface area contributed by atoms with Gasteiger partial charge in [-0.3, -0.25) is 4.79 Å². The van der Waals surface area contributed by atoms with Gasteiger partial charge in [0.05, 0.1) is 19.4 Å². The molecule has 6 nitrogen and oxygen atoms in total. The molecule has 0 saturated heterocycles. The molecule has 1 aromatic heterocycles. The summed E-state index contributed by atoms with van der Waals surface area (Å²) < 4.78 is 10.7. The Morgan fingerprint density at radius 1 is 1.04 bits per heavy atom. The van der Waals surface area contributed by atoms with Crippen LogP contribution in [0.3, 0.4) is 0 Å². The van der Waals surface area contributed by atoms with E-state index in [1.54, 1.807) is 25.3 Å². The second-order valence-electron chi connectivity index (χ2n) is 6.22. The van der Waals surface area contributed by atoms with Crippen molar-refractivity contribution in [2.24, 2.45) is 0 Å². The second kappa shape index (κ2) is 9.50. The van der Waals surface area contributed by atoms with Gasteiger partial charge in [0.1, 0.15) is 5.75 Å². The van der Waals surface area contributed by atoms with E-state index in [4.69, 9.17) is 9.47 Å². The standard InChI is InChI=1S/C22H23N3O3/c1-3-4-14-28-19-10-8-16(9-11-19)22(26)23-18-7-5-6-17(15-18)20-12-13-21(27-2)25-24-20/h5-13,15H,3-4,14H2,1-2H3,(H,23,26). The van der Waals surface area contributed by atoms with Crippen LogP contribution in [0.2, 0.25) is 0 Å². The Hall–Kier alpha value is -3.41. The second-order valence-corrected chi connectivity index (χ2v) is 6.22. The summed E-state index contributed by atoms with van der Waals surface area (Å²) in [5.74, 6) is 1.04.